The summed E-state index contributed by atoms with van der Waals surface area (Å²) in [6, 6.07) is 0.934. The van der Waals surface area contributed by atoms with Crippen LogP contribution >= 0.6 is 0 Å². The molecule has 1 heterocycles. The van der Waals surface area contributed by atoms with Crippen molar-refractivity contribution in [3.63, 3.8) is 0 Å². The van der Waals surface area contributed by atoms with E-state index in [4.69, 9.17) is 4.74 Å². The number of nitrogens with zero attached hydrogens (tertiary/aromatic N) is 1. The highest BCUT2D eigenvalue weighted by Gasteiger charge is 2.28. The molecule has 2 atom stereocenters. The Hall–Kier alpha value is -0.160. The molecule has 2 N–H and O–H groups in total. The summed E-state index contributed by atoms with van der Waals surface area (Å²) in [6.45, 7) is 4.37. The molecule has 2 aliphatic rings. The number of nitrogens with one attached hydrogen (secondary N) is 1. The van der Waals surface area contributed by atoms with E-state index in [9.17, 15) is 5.11 Å². The molecule has 0 bridgehead atoms. The summed E-state index contributed by atoms with van der Waals surface area (Å²) in [7, 11) is 1.77. The molecule has 0 radical (unpaired) electrons. The fourth-order valence-electron chi connectivity index (χ4n) is 2.51. The Bertz CT molecular complexity index is 209. The summed E-state index contributed by atoms with van der Waals surface area (Å²) in [5.41, 5.74) is 0. The van der Waals surface area contributed by atoms with Crippen molar-refractivity contribution in [3.8, 4) is 0 Å². The summed E-state index contributed by atoms with van der Waals surface area (Å²) in [5.74, 6) is 0.685. The molecule has 4 heteroatoms. The topological polar surface area (TPSA) is 44.7 Å². The highest BCUT2D eigenvalue weighted by molar-refractivity contribution is 4.87. The lowest BCUT2D eigenvalue weighted by Crippen LogP contribution is -2.43. The molecule has 1 aliphatic heterocycles. The van der Waals surface area contributed by atoms with Gasteiger partial charge in [-0.1, -0.05) is 0 Å². The van der Waals surface area contributed by atoms with Crippen LogP contribution in [-0.2, 0) is 4.74 Å². The van der Waals surface area contributed by atoms with Gasteiger partial charge in [-0.2, -0.15) is 0 Å². The second kappa shape index (κ2) is 5.96. The maximum atomic E-state index is 9.32. The lowest BCUT2D eigenvalue weighted by molar-refractivity contribution is 0.148. The Morgan fingerprint density at radius 3 is 2.88 bits per heavy atom. The SMILES string of the molecule is COCC1CCN(CC(CO)NC2CC2)C1. The van der Waals surface area contributed by atoms with Gasteiger partial charge in [-0.25, -0.2) is 0 Å². The number of rotatable bonds is 7. The van der Waals surface area contributed by atoms with Gasteiger partial charge < -0.3 is 20.1 Å². The largest absolute Gasteiger partial charge is 0.395 e. The minimum Gasteiger partial charge on any atom is -0.395 e. The molecule has 94 valence electrons. The molecule has 0 amide bonds. The molecule has 1 aliphatic carbocycles. The molecule has 1 saturated heterocycles. The molecule has 0 aromatic carbocycles. The van der Waals surface area contributed by atoms with Crippen LogP contribution in [0.3, 0.4) is 0 Å². The van der Waals surface area contributed by atoms with E-state index in [2.05, 4.69) is 10.2 Å². The minimum absolute atomic E-state index is 0.252. The van der Waals surface area contributed by atoms with Gasteiger partial charge in [0.1, 0.15) is 0 Å². The van der Waals surface area contributed by atoms with Gasteiger partial charge in [0.05, 0.1) is 13.2 Å². The summed E-state index contributed by atoms with van der Waals surface area (Å²) >= 11 is 0. The summed E-state index contributed by atoms with van der Waals surface area (Å²) in [6.07, 6.45) is 3.79. The van der Waals surface area contributed by atoms with Crippen molar-refractivity contribution in [2.24, 2.45) is 5.92 Å². The normalized spacial score (nSPS) is 28.5. The van der Waals surface area contributed by atoms with E-state index in [-0.39, 0.29) is 12.6 Å². The summed E-state index contributed by atoms with van der Waals surface area (Å²) in [4.78, 5) is 2.44. The first-order valence-corrected chi connectivity index (χ1v) is 6.40. The van der Waals surface area contributed by atoms with Gasteiger partial charge >= 0.3 is 0 Å². The van der Waals surface area contributed by atoms with Gasteiger partial charge in [0.15, 0.2) is 0 Å². The van der Waals surface area contributed by atoms with Gasteiger partial charge in [0, 0.05) is 32.3 Å². The average molecular weight is 228 g/mol. The van der Waals surface area contributed by atoms with E-state index in [0.29, 0.717) is 12.0 Å². The van der Waals surface area contributed by atoms with Gasteiger partial charge in [-0.3, -0.25) is 0 Å². The molecular weight excluding hydrogens is 204 g/mol. The molecule has 0 aromatic heterocycles. The number of aliphatic hydroxyl groups excluding tert-OH is 1. The second-order valence-corrected chi connectivity index (χ2v) is 5.19. The highest BCUT2D eigenvalue weighted by Crippen LogP contribution is 2.20. The third-order valence-corrected chi connectivity index (χ3v) is 3.52. The van der Waals surface area contributed by atoms with Gasteiger partial charge in [-0.05, 0) is 31.7 Å². The van der Waals surface area contributed by atoms with Crippen molar-refractivity contribution in [1.29, 1.82) is 0 Å². The van der Waals surface area contributed by atoms with Crippen molar-refractivity contribution in [2.75, 3.05) is 40.0 Å². The van der Waals surface area contributed by atoms with Crippen LogP contribution in [0.4, 0.5) is 0 Å². The maximum absolute atomic E-state index is 9.32. The maximum Gasteiger partial charge on any atom is 0.0597 e. The average Bonchev–Trinajstić information content (AvgIpc) is 2.99. The Kier molecular flexibility index (Phi) is 4.58. The molecule has 16 heavy (non-hydrogen) atoms. The fourth-order valence-corrected chi connectivity index (χ4v) is 2.51. The smallest absolute Gasteiger partial charge is 0.0597 e. The van der Waals surface area contributed by atoms with Gasteiger partial charge in [-0.15, -0.1) is 0 Å². The quantitative estimate of drug-likeness (QED) is 0.647. The molecule has 0 spiro atoms. The molecule has 2 unspecified atom stereocenters. The van der Waals surface area contributed by atoms with E-state index in [0.717, 1.165) is 26.2 Å². The number of hydrogen-bond donors (Lipinski definition) is 2. The van der Waals surface area contributed by atoms with Crippen LogP contribution in [0.1, 0.15) is 19.3 Å². The zero-order valence-electron chi connectivity index (χ0n) is 10.2. The van der Waals surface area contributed by atoms with Gasteiger partial charge in [0.2, 0.25) is 0 Å². The monoisotopic (exact) mass is 228 g/mol. The molecular formula is C12H24N2O2. The number of hydrogen-bond acceptors (Lipinski definition) is 4. The Balaban J connectivity index is 1.67. The van der Waals surface area contributed by atoms with Crippen molar-refractivity contribution in [3.05, 3.63) is 0 Å². The van der Waals surface area contributed by atoms with Gasteiger partial charge in [0.25, 0.3) is 0 Å². The lowest BCUT2D eigenvalue weighted by atomic mass is 10.1. The van der Waals surface area contributed by atoms with Crippen LogP contribution in [0.2, 0.25) is 0 Å². The molecule has 1 saturated carbocycles. The van der Waals surface area contributed by atoms with Crippen LogP contribution in [0, 0.1) is 5.92 Å². The predicted molar refractivity (Wildman–Crippen MR) is 63.5 cm³/mol. The van der Waals surface area contributed by atoms with E-state index < -0.39 is 0 Å². The highest BCUT2D eigenvalue weighted by atomic mass is 16.5. The third kappa shape index (κ3) is 3.70. The van der Waals surface area contributed by atoms with Crippen LogP contribution < -0.4 is 5.32 Å². The first kappa shape index (κ1) is 12.3. The van der Waals surface area contributed by atoms with Crippen LogP contribution in [0.15, 0.2) is 0 Å². The Morgan fingerprint density at radius 1 is 1.44 bits per heavy atom. The van der Waals surface area contributed by atoms with E-state index in [1.807, 2.05) is 0 Å². The number of likely N-dealkylation sites (tertiary alicyclic amines) is 1. The van der Waals surface area contributed by atoms with Crippen LogP contribution in [-0.4, -0.2) is 62.0 Å². The van der Waals surface area contributed by atoms with Crippen LogP contribution in [0.5, 0.6) is 0 Å². The van der Waals surface area contributed by atoms with Crippen molar-refractivity contribution in [2.45, 2.75) is 31.3 Å². The number of ether oxygens (including phenoxy) is 1. The van der Waals surface area contributed by atoms with E-state index in [1.165, 1.54) is 19.3 Å². The van der Waals surface area contributed by atoms with Crippen LogP contribution in [0.25, 0.3) is 0 Å². The lowest BCUT2D eigenvalue weighted by Gasteiger charge is -2.23. The van der Waals surface area contributed by atoms with Crippen molar-refractivity contribution < 1.29 is 9.84 Å². The standard InChI is InChI=1S/C12H24N2O2/c1-16-9-10-4-5-14(6-10)7-12(8-15)13-11-2-3-11/h10-13,15H,2-9H2,1H3. The predicted octanol–water partition coefficient (Wildman–Crippen LogP) is 0.0676. The molecule has 2 rings (SSSR count). The molecule has 2 fully saturated rings. The first-order valence-electron chi connectivity index (χ1n) is 6.40. The second-order valence-electron chi connectivity index (χ2n) is 5.19. The zero-order chi connectivity index (χ0) is 11.4. The van der Waals surface area contributed by atoms with E-state index in [1.54, 1.807) is 7.11 Å². The van der Waals surface area contributed by atoms with E-state index >= 15 is 0 Å². The molecule has 0 aromatic rings. The summed E-state index contributed by atoms with van der Waals surface area (Å²) < 4.78 is 5.19. The number of aliphatic hydroxyl groups is 1. The summed E-state index contributed by atoms with van der Waals surface area (Å²) in [5, 5.41) is 12.8. The Labute approximate surface area is 98.0 Å². The van der Waals surface area contributed by atoms with Crippen molar-refractivity contribution >= 4 is 0 Å². The molecule has 4 nitrogen and oxygen atoms in total. The zero-order valence-corrected chi connectivity index (χ0v) is 10.2. The third-order valence-electron chi connectivity index (χ3n) is 3.52. The minimum atomic E-state index is 0.252. The fraction of sp³-hybridized carbons (Fsp3) is 1.00. The van der Waals surface area contributed by atoms with Crippen molar-refractivity contribution in [1.82, 2.24) is 10.2 Å². The first-order chi connectivity index (χ1) is 7.81. The Morgan fingerprint density at radius 2 is 2.25 bits per heavy atom. The number of methoxy groups -OCH3 is 1.